The molecule has 2 aromatic rings. The first-order chi connectivity index (χ1) is 13.0. The number of carbonyl (C=O) groups excluding carboxylic acids is 1. The number of nitrogens with one attached hydrogen (secondary N) is 2. The van der Waals surface area contributed by atoms with Crippen LogP contribution in [0.2, 0.25) is 0 Å². The van der Waals surface area contributed by atoms with Gasteiger partial charge in [0.05, 0.1) is 24.7 Å². The Labute approximate surface area is 164 Å². The van der Waals surface area contributed by atoms with Crippen molar-refractivity contribution in [1.29, 1.82) is 0 Å². The van der Waals surface area contributed by atoms with Gasteiger partial charge in [0.1, 0.15) is 5.82 Å². The van der Waals surface area contributed by atoms with Gasteiger partial charge in [0.15, 0.2) is 10.8 Å². The van der Waals surface area contributed by atoms with Crippen LogP contribution in [0, 0.1) is 5.92 Å². The Balaban J connectivity index is 2.14. The summed E-state index contributed by atoms with van der Waals surface area (Å²) in [4.78, 5) is 21.1. The van der Waals surface area contributed by atoms with Gasteiger partial charge in [-0.15, -0.1) is 0 Å². The highest BCUT2D eigenvalue weighted by atomic mass is 32.2. The summed E-state index contributed by atoms with van der Waals surface area (Å²) in [5, 5.41) is 12.3. The molecule has 0 spiro atoms. The number of carbonyl (C=O) groups is 1. The lowest BCUT2D eigenvalue weighted by molar-refractivity contribution is -0.121. The number of ether oxygens (including phenoxy) is 1. The van der Waals surface area contributed by atoms with Crippen LogP contribution in [0.4, 0.5) is 5.82 Å². The normalized spacial score (nSPS) is 11.3. The standard InChI is InChI=1S/C18H30N6O2S/c1-5-10-27-18-22-16(20-7-9-26-4)14-12-21-24(17(14)23-18)8-6-19-15(25)11-13(2)3/h12-13H,5-11H2,1-4H3,(H,19,25)(H,20,22,23). The summed E-state index contributed by atoms with van der Waals surface area (Å²) in [6, 6.07) is 0. The molecule has 0 saturated heterocycles. The van der Waals surface area contributed by atoms with Crippen molar-refractivity contribution < 1.29 is 9.53 Å². The van der Waals surface area contributed by atoms with Crippen LogP contribution in [-0.4, -0.2) is 58.2 Å². The average molecular weight is 395 g/mol. The van der Waals surface area contributed by atoms with E-state index in [1.807, 2.05) is 18.5 Å². The molecule has 150 valence electrons. The Kier molecular flexibility index (Phi) is 8.80. The van der Waals surface area contributed by atoms with Crippen molar-refractivity contribution in [3.63, 3.8) is 0 Å². The number of rotatable bonds is 12. The fourth-order valence-corrected chi connectivity index (χ4v) is 3.20. The molecule has 1 amide bonds. The quantitative estimate of drug-likeness (QED) is 0.324. The molecular weight excluding hydrogens is 364 g/mol. The Morgan fingerprint density at radius 1 is 1.33 bits per heavy atom. The van der Waals surface area contributed by atoms with Crippen LogP contribution in [0.15, 0.2) is 11.4 Å². The van der Waals surface area contributed by atoms with E-state index < -0.39 is 0 Å². The maximum atomic E-state index is 11.8. The summed E-state index contributed by atoms with van der Waals surface area (Å²) in [7, 11) is 1.67. The Bertz CT molecular complexity index is 734. The summed E-state index contributed by atoms with van der Waals surface area (Å²) in [5.41, 5.74) is 0.779. The number of amides is 1. The van der Waals surface area contributed by atoms with Crippen LogP contribution < -0.4 is 10.6 Å². The molecule has 0 aromatic carbocycles. The lowest BCUT2D eigenvalue weighted by atomic mass is 10.1. The molecule has 8 nitrogen and oxygen atoms in total. The highest BCUT2D eigenvalue weighted by Gasteiger charge is 2.13. The highest BCUT2D eigenvalue weighted by Crippen LogP contribution is 2.24. The van der Waals surface area contributed by atoms with Crippen molar-refractivity contribution in [2.45, 2.75) is 45.3 Å². The van der Waals surface area contributed by atoms with Crippen molar-refractivity contribution in [2.24, 2.45) is 5.92 Å². The van der Waals surface area contributed by atoms with Crippen molar-refractivity contribution in [1.82, 2.24) is 25.1 Å². The molecule has 0 aliphatic heterocycles. The van der Waals surface area contributed by atoms with Crippen LogP contribution >= 0.6 is 11.8 Å². The molecule has 2 rings (SSSR count). The third-order valence-electron chi connectivity index (χ3n) is 3.75. The molecule has 0 aliphatic rings. The van der Waals surface area contributed by atoms with E-state index in [-0.39, 0.29) is 5.91 Å². The zero-order valence-electron chi connectivity index (χ0n) is 16.6. The Hall–Kier alpha value is -1.87. The van der Waals surface area contributed by atoms with Gasteiger partial charge in [0.2, 0.25) is 5.91 Å². The van der Waals surface area contributed by atoms with Crippen LogP contribution in [0.25, 0.3) is 11.0 Å². The maximum Gasteiger partial charge on any atom is 0.220 e. The van der Waals surface area contributed by atoms with Gasteiger partial charge >= 0.3 is 0 Å². The zero-order valence-corrected chi connectivity index (χ0v) is 17.4. The fraction of sp³-hybridized carbons (Fsp3) is 0.667. The average Bonchev–Trinajstić information content (AvgIpc) is 3.03. The molecule has 0 saturated carbocycles. The minimum atomic E-state index is 0.0669. The summed E-state index contributed by atoms with van der Waals surface area (Å²) >= 11 is 1.63. The molecule has 0 unspecified atom stereocenters. The summed E-state index contributed by atoms with van der Waals surface area (Å²) in [6.07, 6.45) is 3.36. The molecule has 2 heterocycles. The minimum Gasteiger partial charge on any atom is -0.383 e. The third-order valence-corrected chi connectivity index (χ3v) is 4.80. The molecule has 0 aliphatic carbocycles. The van der Waals surface area contributed by atoms with Gasteiger partial charge in [-0.1, -0.05) is 32.5 Å². The number of methoxy groups -OCH3 is 1. The summed E-state index contributed by atoms with van der Waals surface area (Å²) < 4.78 is 6.93. The molecule has 0 radical (unpaired) electrons. The number of anilines is 1. The Morgan fingerprint density at radius 2 is 2.15 bits per heavy atom. The van der Waals surface area contributed by atoms with Gasteiger partial charge in [0.25, 0.3) is 0 Å². The zero-order chi connectivity index (χ0) is 19.6. The van der Waals surface area contributed by atoms with Gasteiger partial charge in [-0.05, 0) is 12.3 Å². The maximum absolute atomic E-state index is 11.8. The van der Waals surface area contributed by atoms with E-state index in [0.717, 1.165) is 34.2 Å². The van der Waals surface area contributed by atoms with E-state index in [0.29, 0.717) is 38.6 Å². The van der Waals surface area contributed by atoms with E-state index in [1.165, 1.54) is 0 Å². The predicted molar refractivity (Wildman–Crippen MR) is 109 cm³/mol. The lowest BCUT2D eigenvalue weighted by Crippen LogP contribution is -2.28. The van der Waals surface area contributed by atoms with Gasteiger partial charge in [-0.2, -0.15) is 5.10 Å². The first-order valence-electron chi connectivity index (χ1n) is 9.41. The highest BCUT2D eigenvalue weighted by molar-refractivity contribution is 7.99. The summed E-state index contributed by atoms with van der Waals surface area (Å²) in [5.74, 6) is 2.15. The van der Waals surface area contributed by atoms with Gasteiger partial charge < -0.3 is 15.4 Å². The van der Waals surface area contributed by atoms with Crippen molar-refractivity contribution in [3.8, 4) is 0 Å². The largest absolute Gasteiger partial charge is 0.383 e. The van der Waals surface area contributed by atoms with Crippen LogP contribution in [0.5, 0.6) is 0 Å². The van der Waals surface area contributed by atoms with Crippen LogP contribution in [0.1, 0.15) is 33.6 Å². The Morgan fingerprint density at radius 3 is 2.85 bits per heavy atom. The first-order valence-corrected chi connectivity index (χ1v) is 10.4. The second kappa shape index (κ2) is 11.1. The number of hydrogen-bond acceptors (Lipinski definition) is 7. The summed E-state index contributed by atoms with van der Waals surface area (Å²) in [6.45, 7) is 8.55. The van der Waals surface area contributed by atoms with Crippen molar-refractivity contribution in [2.75, 3.05) is 37.9 Å². The van der Waals surface area contributed by atoms with Gasteiger partial charge in [0, 0.05) is 32.4 Å². The molecule has 27 heavy (non-hydrogen) atoms. The lowest BCUT2D eigenvalue weighted by Gasteiger charge is -2.10. The monoisotopic (exact) mass is 394 g/mol. The molecular formula is C18H30N6O2S. The van der Waals surface area contributed by atoms with Crippen molar-refractivity contribution in [3.05, 3.63) is 6.20 Å². The predicted octanol–water partition coefficient (Wildman–Crippen LogP) is 2.55. The first kappa shape index (κ1) is 21.4. The van der Waals surface area contributed by atoms with E-state index in [4.69, 9.17) is 4.74 Å². The smallest absolute Gasteiger partial charge is 0.220 e. The topological polar surface area (TPSA) is 94.0 Å². The number of aromatic nitrogens is 4. The second-order valence-electron chi connectivity index (χ2n) is 6.68. The van der Waals surface area contributed by atoms with Crippen LogP contribution in [0.3, 0.4) is 0 Å². The van der Waals surface area contributed by atoms with E-state index in [2.05, 4.69) is 32.6 Å². The van der Waals surface area contributed by atoms with Gasteiger partial charge in [-0.25, -0.2) is 14.6 Å². The third kappa shape index (κ3) is 6.66. The molecule has 2 N–H and O–H groups in total. The SMILES string of the molecule is CCCSc1nc(NCCOC)c2cnn(CCNC(=O)CC(C)C)c2n1. The molecule has 2 aromatic heterocycles. The molecule has 0 atom stereocenters. The molecule has 0 fully saturated rings. The molecule has 9 heteroatoms. The fourth-order valence-electron chi connectivity index (χ4n) is 2.51. The van der Waals surface area contributed by atoms with Crippen LogP contribution in [-0.2, 0) is 16.1 Å². The number of thioether (sulfide) groups is 1. The number of hydrogen-bond donors (Lipinski definition) is 2. The number of fused-ring (bicyclic) bond motifs is 1. The number of nitrogens with zero attached hydrogens (tertiary/aromatic N) is 4. The van der Waals surface area contributed by atoms with E-state index in [1.54, 1.807) is 25.1 Å². The van der Waals surface area contributed by atoms with Crippen molar-refractivity contribution >= 4 is 34.5 Å². The minimum absolute atomic E-state index is 0.0669. The second-order valence-corrected chi connectivity index (χ2v) is 7.74. The van der Waals surface area contributed by atoms with E-state index in [9.17, 15) is 4.79 Å². The molecule has 0 bridgehead atoms. The van der Waals surface area contributed by atoms with E-state index >= 15 is 0 Å². The van der Waals surface area contributed by atoms with Gasteiger partial charge in [-0.3, -0.25) is 4.79 Å².